The Kier molecular flexibility index (Phi) is 3.76. The molecule has 0 saturated carbocycles. The Morgan fingerprint density at radius 3 is 2.72 bits per heavy atom. The fraction of sp³-hybridized carbons (Fsp3) is 0.357. The quantitative estimate of drug-likeness (QED) is 0.927. The van der Waals surface area contributed by atoms with Crippen LogP contribution in [0, 0.1) is 0 Å². The molecule has 0 fully saturated rings. The number of rotatable bonds is 4. The topological polar surface area (TPSA) is 42.2 Å². The zero-order chi connectivity index (χ0) is 13.3. The van der Waals surface area contributed by atoms with E-state index in [0.717, 1.165) is 21.1 Å². The van der Waals surface area contributed by atoms with Crippen LogP contribution in [0.2, 0.25) is 0 Å². The van der Waals surface area contributed by atoms with Crippen molar-refractivity contribution >= 4 is 32.8 Å². The standard InChI is InChI=1S/C14H16BrNO2/c1-9(2)16-12(4-6-14(17)18)8-10-7-11(15)3-5-13(10)16/h3,5,7-9H,4,6H2,1-2H3,(H,17,18). The van der Waals surface area contributed by atoms with E-state index >= 15 is 0 Å². The molecule has 96 valence electrons. The third-order valence-electron chi connectivity index (χ3n) is 2.99. The van der Waals surface area contributed by atoms with Crippen LogP contribution >= 0.6 is 15.9 Å². The van der Waals surface area contributed by atoms with Gasteiger partial charge in [-0.25, -0.2) is 0 Å². The third kappa shape index (κ3) is 2.58. The van der Waals surface area contributed by atoms with Crippen LogP contribution in [0.3, 0.4) is 0 Å². The Balaban J connectivity index is 2.50. The zero-order valence-corrected chi connectivity index (χ0v) is 12.1. The molecule has 18 heavy (non-hydrogen) atoms. The van der Waals surface area contributed by atoms with Gasteiger partial charge in [-0.3, -0.25) is 4.79 Å². The lowest BCUT2D eigenvalue weighted by Crippen LogP contribution is -2.07. The highest BCUT2D eigenvalue weighted by atomic mass is 79.9. The number of aliphatic carboxylic acids is 1. The van der Waals surface area contributed by atoms with Crippen molar-refractivity contribution < 1.29 is 9.90 Å². The number of carboxylic acid groups (broad SMARTS) is 1. The molecule has 0 amide bonds. The molecule has 1 heterocycles. The number of hydrogen-bond donors (Lipinski definition) is 1. The molecular weight excluding hydrogens is 294 g/mol. The Labute approximate surface area is 115 Å². The molecule has 1 aromatic heterocycles. The summed E-state index contributed by atoms with van der Waals surface area (Å²) in [6.07, 6.45) is 0.740. The normalized spacial score (nSPS) is 11.3. The molecule has 2 rings (SSSR count). The van der Waals surface area contributed by atoms with Crippen molar-refractivity contribution in [1.82, 2.24) is 4.57 Å². The molecule has 2 aromatic rings. The van der Waals surface area contributed by atoms with Gasteiger partial charge in [-0.15, -0.1) is 0 Å². The highest BCUT2D eigenvalue weighted by molar-refractivity contribution is 9.10. The fourth-order valence-electron chi connectivity index (χ4n) is 2.30. The number of aromatic nitrogens is 1. The number of nitrogens with zero attached hydrogens (tertiary/aromatic N) is 1. The van der Waals surface area contributed by atoms with Crippen LogP contribution in [0.1, 0.15) is 32.0 Å². The predicted octanol–water partition coefficient (Wildman–Crippen LogP) is 4.00. The monoisotopic (exact) mass is 309 g/mol. The lowest BCUT2D eigenvalue weighted by molar-refractivity contribution is -0.136. The summed E-state index contributed by atoms with van der Waals surface area (Å²) in [5.41, 5.74) is 2.24. The first-order valence-corrected chi connectivity index (χ1v) is 6.79. The van der Waals surface area contributed by atoms with Crippen molar-refractivity contribution in [2.45, 2.75) is 32.7 Å². The maximum absolute atomic E-state index is 10.7. The molecule has 0 aliphatic heterocycles. The van der Waals surface area contributed by atoms with Gasteiger partial charge in [0, 0.05) is 27.1 Å². The zero-order valence-electron chi connectivity index (χ0n) is 10.5. The summed E-state index contributed by atoms with van der Waals surface area (Å²) in [5, 5.41) is 9.96. The highest BCUT2D eigenvalue weighted by Gasteiger charge is 2.12. The first-order chi connectivity index (χ1) is 8.49. The van der Waals surface area contributed by atoms with Crippen LogP contribution in [-0.2, 0) is 11.2 Å². The first-order valence-electron chi connectivity index (χ1n) is 6.00. The van der Waals surface area contributed by atoms with E-state index in [1.807, 2.05) is 6.07 Å². The van der Waals surface area contributed by atoms with E-state index in [2.05, 4.69) is 52.5 Å². The Hall–Kier alpha value is -1.29. The summed E-state index contributed by atoms with van der Waals surface area (Å²) in [6, 6.07) is 8.57. The van der Waals surface area contributed by atoms with Crippen LogP contribution < -0.4 is 0 Å². The summed E-state index contributed by atoms with van der Waals surface area (Å²) in [7, 11) is 0. The minimum Gasteiger partial charge on any atom is -0.481 e. The molecule has 4 heteroatoms. The van der Waals surface area contributed by atoms with Crippen LogP contribution in [-0.4, -0.2) is 15.6 Å². The maximum Gasteiger partial charge on any atom is 0.303 e. The molecule has 3 nitrogen and oxygen atoms in total. The molecule has 0 saturated heterocycles. The summed E-state index contributed by atoms with van der Waals surface area (Å²) in [6.45, 7) is 4.23. The molecule has 1 aromatic carbocycles. The lowest BCUT2D eigenvalue weighted by atomic mass is 10.2. The van der Waals surface area contributed by atoms with E-state index in [4.69, 9.17) is 5.11 Å². The van der Waals surface area contributed by atoms with Crippen molar-refractivity contribution in [3.63, 3.8) is 0 Å². The largest absolute Gasteiger partial charge is 0.481 e. The average Bonchev–Trinajstić information content (AvgIpc) is 2.63. The third-order valence-corrected chi connectivity index (χ3v) is 3.49. The van der Waals surface area contributed by atoms with E-state index in [0.29, 0.717) is 12.5 Å². The predicted molar refractivity (Wildman–Crippen MR) is 76.0 cm³/mol. The second-order valence-electron chi connectivity index (χ2n) is 4.70. The molecule has 0 unspecified atom stereocenters. The smallest absolute Gasteiger partial charge is 0.303 e. The minimum atomic E-state index is -0.753. The number of hydrogen-bond acceptors (Lipinski definition) is 1. The van der Waals surface area contributed by atoms with Gasteiger partial charge in [0.1, 0.15) is 0 Å². The van der Waals surface area contributed by atoms with Crippen molar-refractivity contribution in [2.24, 2.45) is 0 Å². The number of carbonyl (C=O) groups is 1. The van der Waals surface area contributed by atoms with Gasteiger partial charge in [0.05, 0.1) is 6.42 Å². The van der Waals surface area contributed by atoms with Gasteiger partial charge in [0.2, 0.25) is 0 Å². The van der Waals surface area contributed by atoms with Crippen molar-refractivity contribution in [1.29, 1.82) is 0 Å². The number of aryl methyl sites for hydroxylation is 1. The second kappa shape index (κ2) is 5.14. The van der Waals surface area contributed by atoms with Crippen LogP contribution in [0.5, 0.6) is 0 Å². The Morgan fingerprint density at radius 2 is 2.11 bits per heavy atom. The van der Waals surface area contributed by atoms with Gasteiger partial charge in [-0.2, -0.15) is 0 Å². The van der Waals surface area contributed by atoms with Gasteiger partial charge in [0.15, 0.2) is 0 Å². The molecule has 0 bridgehead atoms. The minimum absolute atomic E-state index is 0.171. The summed E-state index contributed by atoms with van der Waals surface area (Å²) in [4.78, 5) is 10.7. The molecule has 1 N–H and O–H groups in total. The van der Waals surface area contributed by atoms with Crippen LogP contribution in [0.15, 0.2) is 28.7 Å². The first kappa shape index (κ1) is 13.1. The molecule has 0 spiro atoms. The van der Waals surface area contributed by atoms with Crippen LogP contribution in [0.25, 0.3) is 10.9 Å². The van der Waals surface area contributed by atoms with Gasteiger partial charge in [-0.1, -0.05) is 15.9 Å². The maximum atomic E-state index is 10.7. The van der Waals surface area contributed by atoms with Gasteiger partial charge in [-0.05, 0) is 44.5 Å². The van der Waals surface area contributed by atoms with E-state index in [1.54, 1.807) is 0 Å². The summed E-state index contributed by atoms with van der Waals surface area (Å²) < 4.78 is 3.26. The SMILES string of the molecule is CC(C)n1c(CCC(=O)O)cc2cc(Br)ccc21. The van der Waals surface area contributed by atoms with Crippen molar-refractivity contribution in [2.75, 3.05) is 0 Å². The summed E-state index contributed by atoms with van der Waals surface area (Å²) in [5.74, 6) is -0.753. The number of fused-ring (bicyclic) bond motifs is 1. The highest BCUT2D eigenvalue weighted by Crippen LogP contribution is 2.27. The van der Waals surface area contributed by atoms with Crippen LogP contribution in [0.4, 0.5) is 0 Å². The van der Waals surface area contributed by atoms with Gasteiger partial charge >= 0.3 is 5.97 Å². The number of carboxylic acids is 1. The molecule has 0 aliphatic rings. The van der Waals surface area contributed by atoms with E-state index in [9.17, 15) is 4.79 Å². The molecule has 0 atom stereocenters. The second-order valence-corrected chi connectivity index (χ2v) is 5.61. The van der Waals surface area contributed by atoms with Gasteiger partial charge < -0.3 is 9.67 Å². The summed E-state index contributed by atoms with van der Waals surface area (Å²) >= 11 is 3.46. The van der Waals surface area contributed by atoms with E-state index < -0.39 is 5.97 Å². The van der Waals surface area contributed by atoms with E-state index in [-0.39, 0.29) is 6.42 Å². The lowest BCUT2D eigenvalue weighted by Gasteiger charge is -2.14. The number of halogens is 1. The molecular formula is C14H16BrNO2. The molecule has 0 radical (unpaired) electrons. The van der Waals surface area contributed by atoms with Gasteiger partial charge in [0.25, 0.3) is 0 Å². The van der Waals surface area contributed by atoms with E-state index in [1.165, 1.54) is 0 Å². The molecule has 0 aliphatic carbocycles. The van der Waals surface area contributed by atoms with Crippen molar-refractivity contribution in [3.05, 3.63) is 34.4 Å². The number of benzene rings is 1. The Morgan fingerprint density at radius 1 is 1.39 bits per heavy atom. The Bertz CT molecular complexity index is 587. The fourth-order valence-corrected chi connectivity index (χ4v) is 2.68. The van der Waals surface area contributed by atoms with Crippen molar-refractivity contribution in [3.8, 4) is 0 Å². The average molecular weight is 310 g/mol.